The van der Waals surface area contributed by atoms with Crippen LogP contribution in [0.3, 0.4) is 0 Å². The molecule has 2 aromatic carbocycles. The van der Waals surface area contributed by atoms with Gasteiger partial charge in [-0.25, -0.2) is 0 Å². The molecule has 2 atom stereocenters. The Hall–Kier alpha value is -1.35. The van der Waals surface area contributed by atoms with Crippen LogP contribution in [0.2, 0.25) is 5.02 Å². The fraction of sp³-hybridized carbons (Fsp3) is 0.250. The van der Waals surface area contributed by atoms with Crippen molar-refractivity contribution in [1.29, 1.82) is 0 Å². The minimum Gasteiger partial charge on any atom is -0.388 e. The molecule has 0 aliphatic heterocycles. The molecule has 2 rings (SSSR count). The molecule has 0 spiro atoms. The van der Waals surface area contributed by atoms with Gasteiger partial charge in [-0.05, 0) is 30.2 Å². The molecular weight excluding hydrogens is 258 g/mol. The first kappa shape index (κ1) is 14.1. The van der Waals surface area contributed by atoms with E-state index in [1.54, 1.807) is 0 Å². The first-order valence-corrected chi connectivity index (χ1v) is 6.70. The van der Waals surface area contributed by atoms with Crippen LogP contribution in [-0.2, 0) is 0 Å². The molecule has 0 fully saturated rings. The van der Waals surface area contributed by atoms with Crippen molar-refractivity contribution in [3.8, 4) is 0 Å². The molecular formula is C16H18ClNO. The summed E-state index contributed by atoms with van der Waals surface area (Å²) in [5.74, 6) is -0.126. The Bertz CT molecular complexity index is 539. The highest BCUT2D eigenvalue weighted by Crippen LogP contribution is 2.31. The zero-order valence-electron chi connectivity index (χ0n) is 10.9. The molecule has 0 aromatic heterocycles. The fourth-order valence-corrected chi connectivity index (χ4v) is 2.37. The summed E-state index contributed by atoms with van der Waals surface area (Å²) in [5.41, 5.74) is 8.85. The van der Waals surface area contributed by atoms with E-state index in [4.69, 9.17) is 17.3 Å². The molecule has 0 aliphatic carbocycles. The van der Waals surface area contributed by atoms with E-state index >= 15 is 0 Å². The largest absolute Gasteiger partial charge is 0.388 e. The van der Waals surface area contributed by atoms with Gasteiger partial charge >= 0.3 is 0 Å². The number of hydrogen-bond acceptors (Lipinski definition) is 2. The number of rotatable bonds is 4. The Morgan fingerprint density at radius 2 is 1.79 bits per heavy atom. The molecule has 2 nitrogen and oxygen atoms in total. The lowest BCUT2D eigenvalue weighted by Gasteiger charge is -2.22. The highest BCUT2D eigenvalue weighted by Gasteiger charge is 2.21. The summed E-state index contributed by atoms with van der Waals surface area (Å²) < 4.78 is 0. The molecule has 0 radical (unpaired) electrons. The number of benzene rings is 2. The number of halogens is 1. The van der Waals surface area contributed by atoms with Crippen molar-refractivity contribution in [2.24, 2.45) is 5.73 Å². The topological polar surface area (TPSA) is 46.2 Å². The predicted octanol–water partition coefficient (Wildman–Crippen LogP) is 3.42. The number of aliphatic hydroxyl groups excluding tert-OH is 1. The second-order valence-corrected chi connectivity index (χ2v) is 5.19. The van der Waals surface area contributed by atoms with Gasteiger partial charge in [-0.15, -0.1) is 0 Å². The van der Waals surface area contributed by atoms with Crippen LogP contribution in [0.5, 0.6) is 0 Å². The summed E-state index contributed by atoms with van der Waals surface area (Å²) in [6.07, 6.45) is -0.605. The van der Waals surface area contributed by atoms with E-state index < -0.39 is 6.10 Å². The SMILES string of the molecule is Cc1cccc(C(O)C(CN)c2ccc(Cl)cc2)c1. The van der Waals surface area contributed by atoms with Gasteiger partial charge in [0, 0.05) is 17.5 Å². The summed E-state index contributed by atoms with van der Waals surface area (Å²) in [4.78, 5) is 0. The second-order valence-electron chi connectivity index (χ2n) is 4.75. The van der Waals surface area contributed by atoms with Crippen molar-refractivity contribution in [3.63, 3.8) is 0 Å². The molecule has 0 amide bonds. The van der Waals surface area contributed by atoms with E-state index in [1.165, 1.54) is 0 Å². The maximum atomic E-state index is 10.5. The normalized spacial score (nSPS) is 14.1. The van der Waals surface area contributed by atoms with Crippen LogP contribution in [0.4, 0.5) is 0 Å². The number of hydrogen-bond donors (Lipinski definition) is 2. The predicted molar refractivity (Wildman–Crippen MR) is 79.4 cm³/mol. The lowest BCUT2D eigenvalue weighted by atomic mass is 9.89. The van der Waals surface area contributed by atoms with Crippen LogP contribution in [0.25, 0.3) is 0 Å². The maximum absolute atomic E-state index is 10.5. The van der Waals surface area contributed by atoms with Crippen LogP contribution in [0.1, 0.15) is 28.7 Å². The maximum Gasteiger partial charge on any atom is 0.0870 e. The number of aryl methyl sites for hydroxylation is 1. The van der Waals surface area contributed by atoms with Crippen molar-refractivity contribution < 1.29 is 5.11 Å². The van der Waals surface area contributed by atoms with Gasteiger partial charge in [-0.1, -0.05) is 53.6 Å². The average Bonchev–Trinajstić information content (AvgIpc) is 2.41. The van der Waals surface area contributed by atoms with E-state index in [0.29, 0.717) is 11.6 Å². The Morgan fingerprint density at radius 1 is 1.11 bits per heavy atom. The Labute approximate surface area is 118 Å². The van der Waals surface area contributed by atoms with Crippen LogP contribution in [0, 0.1) is 6.92 Å². The van der Waals surface area contributed by atoms with E-state index in [1.807, 2.05) is 55.5 Å². The summed E-state index contributed by atoms with van der Waals surface area (Å²) in [5, 5.41) is 11.2. The molecule has 0 heterocycles. The molecule has 2 unspecified atom stereocenters. The molecule has 3 heteroatoms. The summed E-state index contributed by atoms with van der Waals surface area (Å²) in [6, 6.07) is 15.3. The zero-order valence-corrected chi connectivity index (χ0v) is 11.6. The lowest BCUT2D eigenvalue weighted by Crippen LogP contribution is -2.20. The zero-order chi connectivity index (χ0) is 13.8. The van der Waals surface area contributed by atoms with Crippen molar-refractivity contribution >= 4 is 11.6 Å². The first-order chi connectivity index (χ1) is 9.11. The molecule has 3 N–H and O–H groups in total. The first-order valence-electron chi connectivity index (χ1n) is 6.32. The van der Waals surface area contributed by atoms with Crippen LogP contribution < -0.4 is 5.73 Å². The Kier molecular flexibility index (Phi) is 4.59. The quantitative estimate of drug-likeness (QED) is 0.898. The van der Waals surface area contributed by atoms with Crippen molar-refractivity contribution in [2.45, 2.75) is 18.9 Å². The van der Waals surface area contributed by atoms with Gasteiger partial charge in [0.15, 0.2) is 0 Å². The minimum absolute atomic E-state index is 0.126. The van der Waals surface area contributed by atoms with E-state index in [2.05, 4.69) is 0 Å². The molecule has 0 aliphatic rings. The monoisotopic (exact) mass is 275 g/mol. The minimum atomic E-state index is -0.605. The van der Waals surface area contributed by atoms with E-state index in [9.17, 15) is 5.11 Å². The Morgan fingerprint density at radius 3 is 2.37 bits per heavy atom. The van der Waals surface area contributed by atoms with Gasteiger partial charge in [0.2, 0.25) is 0 Å². The van der Waals surface area contributed by atoms with Crippen molar-refractivity contribution in [3.05, 3.63) is 70.2 Å². The summed E-state index contributed by atoms with van der Waals surface area (Å²) in [7, 11) is 0. The molecule has 2 aromatic rings. The third-order valence-corrected chi connectivity index (χ3v) is 3.57. The molecule has 100 valence electrons. The summed E-state index contributed by atoms with van der Waals surface area (Å²) in [6.45, 7) is 2.40. The summed E-state index contributed by atoms with van der Waals surface area (Å²) >= 11 is 5.88. The highest BCUT2D eigenvalue weighted by molar-refractivity contribution is 6.30. The molecule has 0 bridgehead atoms. The van der Waals surface area contributed by atoms with Crippen LogP contribution in [-0.4, -0.2) is 11.7 Å². The van der Waals surface area contributed by atoms with Gasteiger partial charge in [0.1, 0.15) is 0 Å². The van der Waals surface area contributed by atoms with Gasteiger partial charge in [-0.3, -0.25) is 0 Å². The van der Waals surface area contributed by atoms with Crippen molar-refractivity contribution in [1.82, 2.24) is 0 Å². The molecule has 19 heavy (non-hydrogen) atoms. The van der Waals surface area contributed by atoms with Crippen LogP contribution >= 0.6 is 11.6 Å². The average molecular weight is 276 g/mol. The molecule has 0 saturated heterocycles. The van der Waals surface area contributed by atoms with Gasteiger partial charge in [-0.2, -0.15) is 0 Å². The fourth-order valence-electron chi connectivity index (χ4n) is 2.24. The van der Waals surface area contributed by atoms with E-state index in [0.717, 1.165) is 16.7 Å². The highest BCUT2D eigenvalue weighted by atomic mass is 35.5. The third-order valence-electron chi connectivity index (χ3n) is 3.32. The third kappa shape index (κ3) is 3.35. The van der Waals surface area contributed by atoms with Gasteiger partial charge in [0.25, 0.3) is 0 Å². The van der Waals surface area contributed by atoms with Crippen molar-refractivity contribution in [2.75, 3.05) is 6.54 Å². The smallest absolute Gasteiger partial charge is 0.0870 e. The lowest BCUT2D eigenvalue weighted by molar-refractivity contribution is 0.147. The molecule has 0 saturated carbocycles. The van der Waals surface area contributed by atoms with Gasteiger partial charge < -0.3 is 10.8 Å². The van der Waals surface area contributed by atoms with E-state index in [-0.39, 0.29) is 5.92 Å². The van der Waals surface area contributed by atoms with Gasteiger partial charge in [0.05, 0.1) is 6.10 Å². The Balaban J connectivity index is 2.28. The standard InChI is InChI=1S/C16H18ClNO/c1-11-3-2-4-13(9-11)16(19)15(10-18)12-5-7-14(17)8-6-12/h2-9,15-16,19H,10,18H2,1H3. The second kappa shape index (κ2) is 6.20. The van der Waals surface area contributed by atoms with Crippen LogP contribution in [0.15, 0.2) is 48.5 Å². The number of aliphatic hydroxyl groups is 1. The number of nitrogens with two attached hydrogens (primary N) is 1.